The smallest absolute Gasteiger partial charge is 0.228 e. The van der Waals surface area contributed by atoms with Gasteiger partial charge in [-0.1, -0.05) is 11.6 Å². The molecule has 4 bridgehead atoms. The van der Waals surface area contributed by atoms with Gasteiger partial charge in [0, 0.05) is 35.6 Å². The summed E-state index contributed by atoms with van der Waals surface area (Å²) in [6, 6.07) is 5.76. The Balaban J connectivity index is 1.19. The SMILES string of the molecule is O=C(CCNC(=O)C12CC3CC(CC(C3)C1)C2)N1CCCc2cc(Cl)ccc21. The molecule has 4 aliphatic carbocycles. The first-order chi connectivity index (χ1) is 13.5. The summed E-state index contributed by atoms with van der Waals surface area (Å²) in [5.74, 6) is 2.58. The molecule has 1 aromatic rings. The van der Waals surface area contributed by atoms with Crippen LogP contribution in [0, 0.1) is 23.2 Å². The molecule has 5 aliphatic rings. The van der Waals surface area contributed by atoms with Crippen LogP contribution < -0.4 is 10.2 Å². The van der Waals surface area contributed by atoms with Gasteiger partial charge in [-0.15, -0.1) is 0 Å². The van der Waals surface area contributed by atoms with Gasteiger partial charge in [-0.05, 0) is 92.9 Å². The summed E-state index contributed by atoms with van der Waals surface area (Å²) in [4.78, 5) is 27.7. The second-order valence-corrected chi connectivity index (χ2v) is 10.1. The van der Waals surface area contributed by atoms with Gasteiger partial charge in [-0.25, -0.2) is 0 Å². The quantitative estimate of drug-likeness (QED) is 0.817. The van der Waals surface area contributed by atoms with E-state index >= 15 is 0 Å². The van der Waals surface area contributed by atoms with E-state index in [1.54, 1.807) is 0 Å². The van der Waals surface area contributed by atoms with Crippen molar-refractivity contribution in [3.05, 3.63) is 28.8 Å². The van der Waals surface area contributed by atoms with Crippen LogP contribution in [-0.4, -0.2) is 24.9 Å². The van der Waals surface area contributed by atoms with Crippen LogP contribution in [0.25, 0.3) is 0 Å². The minimum absolute atomic E-state index is 0.0917. The third kappa shape index (κ3) is 3.24. The van der Waals surface area contributed by atoms with Crippen LogP contribution in [0.1, 0.15) is 56.9 Å². The predicted octanol–water partition coefficient (Wildman–Crippen LogP) is 4.34. The highest BCUT2D eigenvalue weighted by Crippen LogP contribution is 2.60. The number of benzene rings is 1. The van der Waals surface area contributed by atoms with Gasteiger partial charge in [0.25, 0.3) is 0 Å². The Bertz CT molecular complexity index is 771. The molecule has 28 heavy (non-hydrogen) atoms. The summed E-state index contributed by atoms with van der Waals surface area (Å²) in [5.41, 5.74) is 1.99. The molecule has 0 unspecified atom stereocenters. The maximum absolute atomic E-state index is 13.0. The Morgan fingerprint density at radius 3 is 2.46 bits per heavy atom. The molecule has 2 amide bonds. The molecule has 1 heterocycles. The number of halogens is 1. The Morgan fingerprint density at radius 1 is 1.11 bits per heavy atom. The van der Waals surface area contributed by atoms with Crippen LogP contribution in [0.15, 0.2) is 18.2 Å². The minimum Gasteiger partial charge on any atom is -0.355 e. The minimum atomic E-state index is -0.133. The second kappa shape index (κ2) is 7.05. The number of hydrogen-bond acceptors (Lipinski definition) is 2. The van der Waals surface area contributed by atoms with E-state index in [1.807, 2.05) is 23.1 Å². The molecule has 4 nitrogen and oxygen atoms in total. The summed E-state index contributed by atoms with van der Waals surface area (Å²) in [6.07, 6.45) is 9.49. The normalized spacial score (nSPS) is 32.9. The third-order valence-electron chi connectivity index (χ3n) is 7.61. The van der Waals surface area contributed by atoms with Gasteiger partial charge < -0.3 is 10.2 Å². The average molecular weight is 401 g/mol. The molecule has 0 saturated heterocycles. The number of fused-ring (bicyclic) bond motifs is 1. The maximum atomic E-state index is 13.0. The zero-order valence-corrected chi connectivity index (χ0v) is 17.1. The van der Waals surface area contributed by atoms with E-state index < -0.39 is 0 Å². The van der Waals surface area contributed by atoms with Crippen molar-refractivity contribution in [3.63, 3.8) is 0 Å². The van der Waals surface area contributed by atoms with E-state index in [2.05, 4.69) is 5.32 Å². The molecule has 4 saturated carbocycles. The van der Waals surface area contributed by atoms with Gasteiger partial charge in [0.15, 0.2) is 0 Å². The molecule has 4 fully saturated rings. The summed E-state index contributed by atoms with van der Waals surface area (Å²) in [6.45, 7) is 1.19. The standard InChI is InChI=1S/C23H29ClN2O2/c24-19-3-4-20-18(11-19)2-1-7-26(20)21(27)5-6-25-22(28)23-12-15-8-16(13-23)10-17(9-15)14-23/h3-4,11,15-17H,1-2,5-10,12-14H2,(H,25,28). The zero-order valence-electron chi connectivity index (χ0n) is 16.4. The monoisotopic (exact) mass is 400 g/mol. The Hall–Kier alpha value is -1.55. The molecular formula is C23H29ClN2O2. The van der Waals surface area contributed by atoms with Crippen molar-refractivity contribution < 1.29 is 9.59 Å². The van der Waals surface area contributed by atoms with E-state index in [-0.39, 0.29) is 17.2 Å². The lowest BCUT2D eigenvalue weighted by atomic mass is 9.49. The lowest BCUT2D eigenvalue weighted by molar-refractivity contribution is -0.146. The molecule has 0 spiro atoms. The zero-order chi connectivity index (χ0) is 19.3. The number of nitrogens with zero attached hydrogens (tertiary/aromatic N) is 1. The van der Waals surface area contributed by atoms with E-state index in [0.29, 0.717) is 13.0 Å². The van der Waals surface area contributed by atoms with Crippen molar-refractivity contribution in [1.29, 1.82) is 0 Å². The molecule has 1 aromatic carbocycles. The third-order valence-corrected chi connectivity index (χ3v) is 7.84. The van der Waals surface area contributed by atoms with Gasteiger partial charge in [0.05, 0.1) is 0 Å². The summed E-state index contributed by atoms with van der Waals surface area (Å²) >= 11 is 6.10. The molecule has 1 aliphatic heterocycles. The number of nitrogens with one attached hydrogen (secondary N) is 1. The lowest BCUT2D eigenvalue weighted by Crippen LogP contribution is -2.53. The molecule has 5 heteroatoms. The Morgan fingerprint density at radius 2 is 1.79 bits per heavy atom. The fourth-order valence-corrected chi connectivity index (χ4v) is 7.01. The molecule has 150 valence electrons. The molecule has 0 radical (unpaired) electrons. The number of hydrogen-bond donors (Lipinski definition) is 1. The van der Waals surface area contributed by atoms with Gasteiger partial charge in [0.1, 0.15) is 0 Å². The Labute approximate surface area is 172 Å². The first-order valence-electron chi connectivity index (χ1n) is 10.9. The highest BCUT2D eigenvalue weighted by Gasteiger charge is 2.54. The fourth-order valence-electron chi connectivity index (χ4n) is 6.82. The van der Waals surface area contributed by atoms with Crippen molar-refractivity contribution in [1.82, 2.24) is 5.32 Å². The van der Waals surface area contributed by atoms with E-state index in [4.69, 9.17) is 11.6 Å². The summed E-state index contributed by atoms with van der Waals surface area (Å²) in [7, 11) is 0. The van der Waals surface area contributed by atoms with E-state index in [0.717, 1.165) is 72.7 Å². The topological polar surface area (TPSA) is 49.4 Å². The van der Waals surface area contributed by atoms with E-state index in [1.165, 1.54) is 19.3 Å². The van der Waals surface area contributed by atoms with Crippen molar-refractivity contribution in [2.45, 2.75) is 57.8 Å². The largest absolute Gasteiger partial charge is 0.355 e. The Kier molecular flexibility index (Phi) is 4.65. The van der Waals surface area contributed by atoms with Crippen LogP contribution in [0.3, 0.4) is 0 Å². The number of amides is 2. The van der Waals surface area contributed by atoms with Gasteiger partial charge in [-0.2, -0.15) is 0 Å². The molecular weight excluding hydrogens is 372 g/mol. The number of rotatable bonds is 4. The van der Waals surface area contributed by atoms with Gasteiger partial charge in [0.2, 0.25) is 11.8 Å². The van der Waals surface area contributed by atoms with Crippen molar-refractivity contribution >= 4 is 29.1 Å². The van der Waals surface area contributed by atoms with E-state index in [9.17, 15) is 9.59 Å². The van der Waals surface area contributed by atoms with Gasteiger partial charge >= 0.3 is 0 Å². The van der Waals surface area contributed by atoms with Gasteiger partial charge in [-0.3, -0.25) is 9.59 Å². The fraction of sp³-hybridized carbons (Fsp3) is 0.652. The lowest BCUT2D eigenvalue weighted by Gasteiger charge is -2.55. The second-order valence-electron chi connectivity index (χ2n) is 9.63. The molecule has 0 atom stereocenters. The number of carbonyl (C=O) groups excluding carboxylic acids is 2. The summed E-state index contributed by atoms with van der Waals surface area (Å²) < 4.78 is 0. The first-order valence-corrected chi connectivity index (χ1v) is 11.3. The van der Waals surface area contributed by atoms with Crippen molar-refractivity contribution in [2.75, 3.05) is 18.0 Å². The highest BCUT2D eigenvalue weighted by atomic mass is 35.5. The van der Waals surface area contributed by atoms with Crippen LogP contribution in [0.2, 0.25) is 5.02 Å². The summed E-state index contributed by atoms with van der Waals surface area (Å²) in [5, 5.41) is 3.85. The van der Waals surface area contributed by atoms with Crippen molar-refractivity contribution in [2.24, 2.45) is 23.2 Å². The first kappa shape index (κ1) is 18.5. The molecule has 1 N–H and O–H groups in total. The average Bonchev–Trinajstić information content (AvgIpc) is 2.66. The van der Waals surface area contributed by atoms with Crippen LogP contribution in [0.4, 0.5) is 5.69 Å². The van der Waals surface area contributed by atoms with Crippen LogP contribution in [0.5, 0.6) is 0 Å². The molecule has 6 rings (SSSR count). The van der Waals surface area contributed by atoms with Crippen molar-refractivity contribution in [3.8, 4) is 0 Å². The number of anilines is 1. The number of carbonyl (C=O) groups is 2. The van der Waals surface area contributed by atoms with Crippen LogP contribution in [-0.2, 0) is 16.0 Å². The molecule has 0 aromatic heterocycles. The number of aryl methyl sites for hydroxylation is 1. The van der Waals surface area contributed by atoms with Crippen LogP contribution >= 0.6 is 11.6 Å². The predicted molar refractivity (Wildman–Crippen MR) is 110 cm³/mol. The highest BCUT2D eigenvalue weighted by molar-refractivity contribution is 6.30. The maximum Gasteiger partial charge on any atom is 0.228 e.